The Labute approximate surface area is 146 Å². The van der Waals surface area contributed by atoms with Crippen LogP contribution in [0.4, 0.5) is 0 Å². The monoisotopic (exact) mass is 348 g/mol. The summed E-state index contributed by atoms with van der Waals surface area (Å²) in [5.41, 5.74) is 1.17. The molecule has 128 valence electrons. The van der Waals surface area contributed by atoms with Gasteiger partial charge in [-0.15, -0.1) is 0 Å². The fraction of sp³-hybridized carbons (Fsp3) is 0.412. The Morgan fingerprint density at radius 2 is 2.25 bits per heavy atom. The van der Waals surface area contributed by atoms with Crippen molar-refractivity contribution in [2.24, 2.45) is 0 Å². The van der Waals surface area contributed by atoms with Gasteiger partial charge in [0.1, 0.15) is 5.70 Å². The number of ether oxygens (including phenoxy) is 3. The van der Waals surface area contributed by atoms with Crippen LogP contribution in [-0.2, 0) is 9.53 Å². The number of hydrogen-bond acceptors (Lipinski definition) is 5. The second kappa shape index (κ2) is 7.19. The molecule has 1 aromatic carbocycles. The smallest absolute Gasteiger partial charge is 0.276 e. The summed E-state index contributed by atoms with van der Waals surface area (Å²) in [4.78, 5) is 14.2. The number of benzene rings is 1. The lowest BCUT2D eigenvalue weighted by Gasteiger charge is -2.18. The van der Waals surface area contributed by atoms with Crippen molar-refractivity contribution in [3.63, 3.8) is 0 Å². The van der Waals surface area contributed by atoms with E-state index in [-0.39, 0.29) is 12.0 Å². The predicted molar refractivity (Wildman–Crippen MR) is 93.9 cm³/mol. The first-order valence-electron chi connectivity index (χ1n) is 7.81. The van der Waals surface area contributed by atoms with Gasteiger partial charge in [0.2, 0.25) is 0 Å². The zero-order valence-electron chi connectivity index (χ0n) is 13.7. The van der Waals surface area contributed by atoms with Gasteiger partial charge in [-0.25, -0.2) is 0 Å². The number of methoxy groups -OCH3 is 2. The third-order valence-corrected chi connectivity index (χ3v) is 4.43. The molecule has 0 saturated carbocycles. The van der Waals surface area contributed by atoms with Crippen LogP contribution in [0.1, 0.15) is 18.4 Å². The molecule has 0 spiro atoms. The summed E-state index contributed by atoms with van der Waals surface area (Å²) in [5, 5.41) is 3.39. The van der Waals surface area contributed by atoms with Gasteiger partial charge in [0.05, 0.1) is 26.9 Å². The van der Waals surface area contributed by atoms with Gasteiger partial charge in [-0.1, -0.05) is 12.1 Å². The minimum absolute atomic E-state index is 0.0550. The van der Waals surface area contributed by atoms with Crippen molar-refractivity contribution in [2.75, 3.05) is 27.4 Å². The number of rotatable bonds is 5. The number of carbonyl (C=O) groups excluding carboxylic acids is 1. The van der Waals surface area contributed by atoms with Crippen LogP contribution in [0.2, 0.25) is 0 Å². The van der Waals surface area contributed by atoms with Crippen LogP contribution < -0.4 is 14.8 Å². The minimum atomic E-state index is -0.152. The normalized spacial score (nSPS) is 22.2. The average Bonchev–Trinajstić information content (AvgIpc) is 3.19. The van der Waals surface area contributed by atoms with E-state index in [9.17, 15) is 4.79 Å². The number of para-hydroxylation sites is 1. The van der Waals surface area contributed by atoms with Crippen LogP contribution >= 0.6 is 12.2 Å². The van der Waals surface area contributed by atoms with E-state index in [0.29, 0.717) is 28.9 Å². The van der Waals surface area contributed by atoms with Crippen molar-refractivity contribution in [1.82, 2.24) is 10.2 Å². The van der Waals surface area contributed by atoms with Gasteiger partial charge in [0.15, 0.2) is 16.6 Å². The van der Waals surface area contributed by atoms with Gasteiger partial charge in [-0.2, -0.15) is 0 Å². The summed E-state index contributed by atoms with van der Waals surface area (Å²) < 4.78 is 16.3. The summed E-state index contributed by atoms with van der Waals surface area (Å²) in [6, 6.07) is 5.50. The topological polar surface area (TPSA) is 60.0 Å². The van der Waals surface area contributed by atoms with E-state index < -0.39 is 0 Å². The van der Waals surface area contributed by atoms with Gasteiger partial charge in [0.25, 0.3) is 5.91 Å². The second-order valence-corrected chi connectivity index (χ2v) is 6.01. The average molecular weight is 348 g/mol. The highest BCUT2D eigenvalue weighted by Gasteiger charge is 2.33. The summed E-state index contributed by atoms with van der Waals surface area (Å²) in [6.45, 7) is 1.23. The molecular weight excluding hydrogens is 328 g/mol. The van der Waals surface area contributed by atoms with Gasteiger partial charge < -0.3 is 19.5 Å². The molecule has 7 heteroatoms. The number of thiocarbonyl (C=S) groups is 1. The lowest BCUT2D eigenvalue weighted by atomic mass is 10.1. The van der Waals surface area contributed by atoms with Crippen LogP contribution in [0.15, 0.2) is 23.9 Å². The molecule has 2 aliphatic heterocycles. The molecule has 0 bridgehead atoms. The fourth-order valence-corrected chi connectivity index (χ4v) is 3.18. The highest BCUT2D eigenvalue weighted by molar-refractivity contribution is 7.80. The maximum atomic E-state index is 12.6. The highest BCUT2D eigenvalue weighted by atomic mass is 32.1. The van der Waals surface area contributed by atoms with Crippen molar-refractivity contribution in [3.8, 4) is 11.5 Å². The Morgan fingerprint density at radius 1 is 1.42 bits per heavy atom. The summed E-state index contributed by atoms with van der Waals surface area (Å²) in [6.07, 6.45) is 3.76. The Bertz CT molecular complexity index is 683. The second-order valence-electron chi connectivity index (χ2n) is 5.62. The third kappa shape index (κ3) is 3.22. The molecule has 2 heterocycles. The molecule has 1 aromatic rings. The van der Waals surface area contributed by atoms with E-state index in [2.05, 4.69) is 5.32 Å². The lowest BCUT2D eigenvalue weighted by molar-refractivity contribution is -0.123. The molecule has 1 atom stereocenters. The van der Waals surface area contributed by atoms with Crippen molar-refractivity contribution in [2.45, 2.75) is 18.9 Å². The molecule has 0 aliphatic carbocycles. The van der Waals surface area contributed by atoms with Gasteiger partial charge in [0, 0.05) is 12.2 Å². The molecule has 2 saturated heterocycles. The number of nitrogens with one attached hydrogen (secondary N) is 1. The molecule has 1 N–H and O–H groups in total. The van der Waals surface area contributed by atoms with E-state index in [1.165, 1.54) is 0 Å². The number of nitrogens with zero attached hydrogens (tertiary/aromatic N) is 1. The Kier molecular flexibility index (Phi) is 5.01. The summed E-state index contributed by atoms with van der Waals surface area (Å²) >= 11 is 5.30. The molecule has 0 radical (unpaired) electrons. The van der Waals surface area contributed by atoms with E-state index in [1.54, 1.807) is 31.3 Å². The Morgan fingerprint density at radius 3 is 2.92 bits per heavy atom. The summed E-state index contributed by atoms with van der Waals surface area (Å²) in [5.74, 6) is 1.03. The minimum Gasteiger partial charge on any atom is -0.493 e. The number of carbonyl (C=O) groups is 1. The van der Waals surface area contributed by atoms with Gasteiger partial charge >= 0.3 is 0 Å². The molecule has 0 aromatic heterocycles. The first-order valence-corrected chi connectivity index (χ1v) is 8.22. The van der Waals surface area contributed by atoms with Crippen molar-refractivity contribution < 1.29 is 19.0 Å². The Balaban J connectivity index is 1.83. The standard InChI is InChI=1S/C17H20N2O4S/c1-21-14-7-3-5-11(15(14)22-2)9-13-16(20)19(17(24)18-13)10-12-6-4-8-23-12/h3,5,7,9,12H,4,6,8,10H2,1-2H3,(H,18,24)/b13-9+. The molecule has 3 rings (SSSR count). The van der Waals surface area contributed by atoms with E-state index in [4.69, 9.17) is 26.4 Å². The first-order chi connectivity index (χ1) is 11.6. The molecule has 24 heavy (non-hydrogen) atoms. The van der Waals surface area contributed by atoms with E-state index >= 15 is 0 Å². The Hall–Kier alpha value is -2.12. The zero-order chi connectivity index (χ0) is 17.1. The van der Waals surface area contributed by atoms with Crippen LogP contribution in [0, 0.1) is 0 Å². The van der Waals surface area contributed by atoms with E-state index in [1.807, 2.05) is 12.1 Å². The molecule has 2 aliphatic rings. The molecular formula is C17H20N2O4S. The molecule has 1 unspecified atom stereocenters. The van der Waals surface area contributed by atoms with Crippen LogP contribution in [0.3, 0.4) is 0 Å². The zero-order valence-corrected chi connectivity index (χ0v) is 14.5. The highest BCUT2D eigenvalue weighted by Crippen LogP contribution is 2.32. The SMILES string of the molecule is COc1cccc(/C=C2/NC(=S)N(CC3CCCO3)C2=O)c1OC. The van der Waals surface area contributed by atoms with Crippen molar-refractivity contribution in [3.05, 3.63) is 29.5 Å². The van der Waals surface area contributed by atoms with E-state index in [0.717, 1.165) is 25.0 Å². The number of amides is 1. The van der Waals surface area contributed by atoms with Gasteiger partial charge in [-0.3, -0.25) is 9.69 Å². The van der Waals surface area contributed by atoms with Crippen molar-refractivity contribution >= 4 is 29.3 Å². The van der Waals surface area contributed by atoms with Crippen LogP contribution in [-0.4, -0.2) is 49.4 Å². The lowest BCUT2D eigenvalue weighted by Crippen LogP contribution is -2.37. The quantitative estimate of drug-likeness (QED) is 0.648. The van der Waals surface area contributed by atoms with Crippen LogP contribution in [0.5, 0.6) is 11.5 Å². The largest absolute Gasteiger partial charge is 0.493 e. The maximum Gasteiger partial charge on any atom is 0.276 e. The molecule has 6 nitrogen and oxygen atoms in total. The third-order valence-electron chi connectivity index (χ3n) is 4.11. The number of hydrogen-bond donors (Lipinski definition) is 1. The fourth-order valence-electron chi connectivity index (χ4n) is 2.91. The predicted octanol–water partition coefficient (Wildman–Crippen LogP) is 1.94. The maximum absolute atomic E-state index is 12.6. The first kappa shape index (κ1) is 16.7. The molecule has 2 fully saturated rings. The molecule has 1 amide bonds. The summed E-state index contributed by atoms with van der Waals surface area (Å²) in [7, 11) is 3.14. The van der Waals surface area contributed by atoms with Crippen LogP contribution in [0.25, 0.3) is 6.08 Å². The van der Waals surface area contributed by atoms with Crippen molar-refractivity contribution in [1.29, 1.82) is 0 Å². The van der Waals surface area contributed by atoms with Gasteiger partial charge in [-0.05, 0) is 37.2 Å².